The average Bonchev–Trinajstić information content (AvgIpc) is 3.39. The molecule has 2 aromatic rings. The maximum atomic E-state index is 13.4. The van der Waals surface area contributed by atoms with Gasteiger partial charge in [-0.2, -0.15) is 5.10 Å². The summed E-state index contributed by atoms with van der Waals surface area (Å²) >= 11 is 0. The number of rotatable bonds is 9. The molecule has 0 unspecified atom stereocenters. The topological polar surface area (TPSA) is 66.8 Å². The molecule has 2 aliphatic rings. The van der Waals surface area contributed by atoms with Crippen molar-refractivity contribution >= 4 is 17.8 Å². The van der Waals surface area contributed by atoms with Gasteiger partial charge in [-0.1, -0.05) is 26.0 Å². The second-order valence-electron chi connectivity index (χ2n) is 9.66. The van der Waals surface area contributed by atoms with Crippen molar-refractivity contribution in [3.05, 3.63) is 48.0 Å². The Hall–Kier alpha value is -3.42. The Morgan fingerprint density at radius 3 is 2.47 bits per heavy atom. The van der Waals surface area contributed by atoms with Gasteiger partial charge in [-0.3, -0.25) is 9.80 Å². The summed E-state index contributed by atoms with van der Waals surface area (Å²) in [7, 11) is 3.33. The normalized spacial score (nSPS) is 18.2. The van der Waals surface area contributed by atoms with E-state index in [1.165, 1.54) is 0 Å². The fourth-order valence-electron chi connectivity index (χ4n) is 4.69. The first-order valence-corrected chi connectivity index (χ1v) is 12.8. The maximum absolute atomic E-state index is 13.4. The number of hydrogen-bond acceptors (Lipinski definition) is 7. The molecule has 36 heavy (non-hydrogen) atoms. The van der Waals surface area contributed by atoms with Crippen molar-refractivity contribution in [2.24, 2.45) is 11.0 Å². The van der Waals surface area contributed by atoms with Gasteiger partial charge in [0.15, 0.2) is 11.5 Å². The van der Waals surface area contributed by atoms with E-state index in [4.69, 9.17) is 19.3 Å². The number of para-hydroxylation sites is 2. The van der Waals surface area contributed by atoms with E-state index in [1.54, 1.807) is 14.2 Å². The van der Waals surface area contributed by atoms with E-state index >= 15 is 0 Å². The molecule has 2 aromatic carbocycles. The molecular formula is C28H38N4O4. The molecule has 1 amide bonds. The van der Waals surface area contributed by atoms with Crippen molar-refractivity contribution in [3.63, 3.8) is 0 Å². The predicted octanol–water partition coefficient (Wildman–Crippen LogP) is 3.89. The van der Waals surface area contributed by atoms with E-state index in [0.29, 0.717) is 37.1 Å². The predicted molar refractivity (Wildman–Crippen MR) is 142 cm³/mol. The van der Waals surface area contributed by atoms with E-state index in [0.717, 1.165) is 49.5 Å². The van der Waals surface area contributed by atoms with E-state index in [1.807, 2.05) is 52.5 Å². The molecule has 8 nitrogen and oxygen atoms in total. The number of hydrazone groups is 1. The Labute approximate surface area is 214 Å². The number of amides is 1. The first kappa shape index (κ1) is 25.7. The quantitative estimate of drug-likeness (QED) is 0.493. The summed E-state index contributed by atoms with van der Waals surface area (Å²) in [6.07, 6.45) is 3.60. The van der Waals surface area contributed by atoms with Crippen molar-refractivity contribution in [3.8, 4) is 17.2 Å². The smallest absolute Gasteiger partial charge is 0.247 e. The average molecular weight is 495 g/mol. The van der Waals surface area contributed by atoms with Crippen LogP contribution in [-0.4, -0.2) is 81.6 Å². The lowest BCUT2D eigenvalue weighted by Crippen LogP contribution is -2.53. The van der Waals surface area contributed by atoms with Crippen LogP contribution in [0.1, 0.15) is 32.3 Å². The second-order valence-corrected chi connectivity index (χ2v) is 9.66. The Balaban J connectivity index is 1.37. The fourth-order valence-corrected chi connectivity index (χ4v) is 4.69. The molecule has 194 valence electrons. The van der Waals surface area contributed by atoms with E-state index in [-0.39, 0.29) is 11.9 Å². The Morgan fingerprint density at radius 1 is 1.00 bits per heavy atom. The van der Waals surface area contributed by atoms with Crippen LogP contribution in [0.5, 0.6) is 17.2 Å². The van der Waals surface area contributed by atoms with Gasteiger partial charge in [-0.25, -0.2) is 0 Å². The molecule has 0 saturated carbocycles. The molecular weight excluding hydrogens is 456 g/mol. The van der Waals surface area contributed by atoms with Gasteiger partial charge < -0.3 is 24.0 Å². The third-order valence-electron chi connectivity index (χ3n) is 6.64. The minimum Gasteiger partial charge on any atom is -0.495 e. The Kier molecular flexibility index (Phi) is 8.57. The second kappa shape index (κ2) is 12.0. The minimum atomic E-state index is -0.214. The lowest BCUT2D eigenvalue weighted by atomic mass is 10.1. The number of hydrogen-bond donors (Lipinski definition) is 0. The van der Waals surface area contributed by atoms with Gasteiger partial charge in [0.1, 0.15) is 11.8 Å². The molecule has 0 spiro atoms. The zero-order valence-corrected chi connectivity index (χ0v) is 21.9. The molecule has 0 aromatic heterocycles. The van der Waals surface area contributed by atoms with Gasteiger partial charge in [-0.05, 0) is 54.7 Å². The molecule has 0 aliphatic carbocycles. The van der Waals surface area contributed by atoms with Crippen molar-refractivity contribution < 1.29 is 19.0 Å². The largest absolute Gasteiger partial charge is 0.495 e. The highest BCUT2D eigenvalue weighted by Gasteiger charge is 2.34. The zero-order valence-electron chi connectivity index (χ0n) is 21.9. The van der Waals surface area contributed by atoms with Crippen LogP contribution in [0.4, 0.5) is 5.69 Å². The number of methoxy groups -OCH3 is 2. The van der Waals surface area contributed by atoms with Gasteiger partial charge in [0, 0.05) is 32.7 Å². The summed E-state index contributed by atoms with van der Waals surface area (Å²) in [4.78, 5) is 17.7. The van der Waals surface area contributed by atoms with Gasteiger partial charge in [0.05, 0.1) is 32.7 Å². The third-order valence-corrected chi connectivity index (χ3v) is 6.64. The number of anilines is 1. The summed E-state index contributed by atoms with van der Waals surface area (Å²) in [6, 6.07) is 13.6. The number of ether oxygens (including phenoxy) is 3. The molecule has 2 fully saturated rings. The third kappa shape index (κ3) is 6.04. The van der Waals surface area contributed by atoms with E-state index in [2.05, 4.69) is 24.8 Å². The van der Waals surface area contributed by atoms with Crippen LogP contribution < -0.4 is 19.1 Å². The highest BCUT2D eigenvalue weighted by Crippen LogP contribution is 2.30. The molecule has 4 rings (SSSR count). The van der Waals surface area contributed by atoms with Crippen molar-refractivity contribution in [2.75, 3.05) is 58.5 Å². The van der Waals surface area contributed by atoms with Gasteiger partial charge in [0.25, 0.3) is 0 Å². The molecule has 2 heterocycles. The minimum absolute atomic E-state index is 0.167. The Morgan fingerprint density at radius 2 is 1.75 bits per heavy atom. The van der Waals surface area contributed by atoms with Gasteiger partial charge >= 0.3 is 0 Å². The molecule has 0 N–H and O–H groups in total. The van der Waals surface area contributed by atoms with Crippen LogP contribution in [-0.2, 0) is 4.79 Å². The highest BCUT2D eigenvalue weighted by atomic mass is 16.5. The number of carbonyl (C=O) groups excluding carboxylic acids is 1. The fraction of sp³-hybridized carbons (Fsp3) is 0.500. The zero-order chi connectivity index (χ0) is 25.5. The SMILES string of the molecule is COc1ccc(/C=N/N2CCC[C@H]2C(=O)N2CCN(c3ccccc3OC)CC2)cc1OCC(C)C. The van der Waals surface area contributed by atoms with Crippen LogP contribution in [0, 0.1) is 5.92 Å². The molecule has 8 heteroatoms. The number of nitrogens with zero attached hydrogens (tertiary/aromatic N) is 4. The lowest BCUT2D eigenvalue weighted by Gasteiger charge is -2.38. The van der Waals surface area contributed by atoms with Crippen LogP contribution >= 0.6 is 0 Å². The summed E-state index contributed by atoms with van der Waals surface area (Å²) in [5.74, 6) is 2.86. The monoisotopic (exact) mass is 494 g/mol. The maximum Gasteiger partial charge on any atom is 0.247 e. The summed E-state index contributed by atoms with van der Waals surface area (Å²) in [6.45, 7) is 8.58. The van der Waals surface area contributed by atoms with E-state index in [9.17, 15) is 4.79 Å². The van der Waals surface area contributed by atoms with Crippen LogP contribution in [0.3, 0.4) is 0 Å². The molecule has 0 radical (unpaired) electrons. The van der Waals surface area contributed by atoms with Crippen LogP contribution in [0.2, 0.25) is 0 Å². The van der Waals surface area contributed by atoms with Crippen molar-refractivity contribution in [1.29, 1.82) is 0 Å². The Bertz CT molecular complexity index is 1050. The van der Waals surface area contributed by atoms with Gasteiger partial charge in [-0.15, -0.1) is 0 Å². The first-order valence-electron chi connectivity index (χ1n) is 12.8. The number of benzene rings is 2. The van der Waals surface area contributed by atoms with Crippen molar-refractivity contribution in [2.45, 2.75) is 32.7 Å². The van der Waals surface area contributed by atoms with Gasteiger partial charge in [0.2, 0.25) is 5.91 Å². The summed E-state index contributed by atoms with van der Waals surface area (Å²) < 4.78 is 16.9. The lowest BCUT2D eigenvalue weighted by molar-refractivity contribution is -0.136. The first-order chi connectivity index (χ1) is 17.5. The number of carbonyl (C=O) groups is 1. The number of piperazine rings is 1. The van der Waals surface area contributed by atoms with Crippen molar-refractivity contribution in [1.82, 2.24) is 9.91 Å². The van der Waals surface area contributed by atoms with Crippen LogP contribution in [0.15, 0.2) is 47.6 Å². The summed E-state index contributed by atoms with van der Waals surface area (Å²) in [5.41, 5.74) is 1.99. The van der Waals surface area contributed by atoms with E-state index < -0.39 is 0 Å². The standard InChI is InChI=1S/C28H38N4O4/c1-21(2)20-36-27-18-22(11-12-26(27)35-4)19-29-32-13-7-9-24(32)28(33)31-16-14-30(15-17-31)23-8-5-6-10-25(23)34-3/h5-6,8,10-12,18-19,21,24H,7,9,13-17,20H2,1-4H3/b29-19+/t24-/m0/s1. The summed E-state index contributed by atoms with van der Waals surface area (Å²) in [5, 5.41) is 6.64. The molecule has 0 bridgehead atoms. The molecule has 2 saturated heterocycles. The molecule has 1 atom stereocenters. The highest BCUT2D eigenvalue weighted by molar-refractivity contribution is 5.84. The van der Waals surface area contributed by atoms with Crippen LogP contribution in [0.25, 0.3) is 0 Å². The molecule has 2 aliphatic heterocycles.